The predicted molar refractivity (Wildman–Crippen MR) is 53.2 cm³/mol. The molecular formula is C11H16O4. The van der Waals surface area contributed by atoms with Crippen molar-refractivity contribution in [1.29, 1.82) is 0 Å². The van der Waals surface area contributed by atoms with Gasteiger partial charge in [0.25, 0.3) is 0 Å². The molecule has 2 aliphatic rings. The van der Waals surface area contributed by atoms with Crippen LogP contribution < -0.4 is 0 Å². The Hall–Kier alpha value is -0.870. The Labute approximate surface area is 88.9 Å². The quantitative estimate of drug-likeness (QED) is 0.424. The predicted octanol–water partition coefficient (Wildman–Crippen LogP) is 0.644. The van der Waals surface area contributed by atoms with Crippen molar-refractivity contribution in [3.8, 4) is 0 Å². The summed E-state index contributed by atoms with van der Waals surface area (Å²) in [5.74, 6) is -0.0288. The van der Waals surface area contributed by atoms with Crippen LogP contribution in [0.5, 0.6) is 0 Å². The molecule has 15 heavy (non-hydrogen) atoms. The molecule has 0 aromatic rings. The zero-order chi connectivity index (χ0) is 10.8. The van der Waals surface area contributed by atoms with E-state index in [4.69, 9.17) is 9.47 Å². The van der Waals surface area contributed by atoms with Gasteiger partial charge in [-0.3, -0.25) is 0 Å². The van der Waals surface area contributed by atoms with E-state index in [-0.39, 0.29) is 6.10 Å². The van der Waals surface area contributed by atoms with Crippen LogP contribution >= 0.6 is 0 Å². The lowest BCUT2D eigenvalue weighted by Gasteiger charge is -2.31. The van der Waals surface area contributed by atoms with Gasteiger partial charge in [0.2, 0.25) is 0 Å². The number of carbonyl (C=O) groups excluding carboxylic acids is 1. The fraction of sp³-hybridized carbons (Fsp3) is 0.727. The van der Waals surface area contributed by atoms with E-state index in [2.05, 4.69) is 6.58 Å². The van der Waals surface area contributed by atoms with Crippen LogP contribution in [0.15, 0.2) is 12.7 Å². The van der Waals surface area contributed by atoms with Gasteiger partial charge < -0.3 is 14.6 Å². The van der Waals surface area contributed by atoms with Gasteiger partial charge in [-0.2, -0.15) is 0 Å². The van der Waals surface area contributed by atoms with Crippen molar-refractivity contribution >= 4 is 5.97 Å². The first-order valence-electron chi connectivity index (χ1n) is 5.33. The van der Waals surface area contributed by atoms with Crippen molar-refractivity contribution in [3.63, 3.8) is 0 Å². The SMILES string of the molecule is C=CC(=O)OC1CCC(C2CO2)CC1O. The Kier molecular flexibility index (Phi) is 3.07. The molecule has 1 aliphatic heterocycles. The largest absolute Gasteiger partial charge is 0.456 e. The average molecular weight is 212 g/mol. The molecule has 1 saturated heterocycles. The van der Waals surface area contributed by atoms with Crippen molar-refractivity contribution in [3.05, 3.63) is 12.7 Å². The van der Waals surface area contributed by atoms with E-state index >= 15 is 0 Å². The van der Waals surface area contributed by atoms with Gasteiger partial charge in [0, 0.05) is 6.08 Å². The molecule has 0 spiro atoms. The fourth-order valence-corrected chi connectivity index (χ4v) is 2.15. The average Bonchev–Trinajstić information content (AvgIpc) is 3.04. The topological polar surface area (TPSA) is 59.1 Å². The van der Waals surface area contributed by atoms with Gasteiger partial charge in [-0.1, -0.05) is 6.58 Å². The minimum absolute atomic E-state index is 0.329. The van der Waals surface area contributed by atoms with Crippen LogP contribution in [0.4, 0.5) is 0 Å². The first kappa shape index (κ1) is 10.6. The standard InChI is InChI=1S/C11H16O4/c1-2-11(13)15-9-4-3-7(5-8(9)12)10-6-14-10/h2,7-10,12H,1,3-6H2. The Morgan fingerprint density at radius 1 is 1.53 bits per heavy atom. The lowest BCUT2D eigenvalue weighted by atomic mass is 9.83. The number of esters is 1. The third kappa shape index (κ3) is 2.58. The third-order valence-corrected chi connectivity index (χ3v) is 3.11. The number of epoxide rings is 1. The number of carbonyl (C=O) groups is 1. The van der Waals surface area contributed by atoms with Gasteiger partial charge in [0.15, 0.2) is 0 Å². The van der Waals surface area contributed by atoms with E-state index in [1.165, 1.54) is 0 Å². The molecule has 0 aromatic carbocycles. The molecule has 0 amide bonds. The molecule has 2 fully saturated rings. The Bertz CT molecular complexity index is 259. The molecule has 4 unspecified atom stereocenters. The van der Waals surface area contributed by atoms with Gasteiger partial charge in [0.05, 0.1) is 18.8 Å². The summed E-state index contributed by atoms with van der Waals surface area (Å²) < 4.78 is 10.3. The zero-order valence-electron chi connectivity index (χ0n) is 8.59. The summed E-state index contributed by atoms with van der Waals surface area (Å²) in [6, 6.07) is 0. The molecule has 1 aliphatic carbocycles. The van der Waals surface area contributed by atoms with Crippen molar-refractivity contribution in [2.45, 2.75) is 37.6 Å². The highest BCUT2D eigenvalue weighted by Crippen LogP contribution is 2.34. The lowest BCUT2D eigenvalue weighted by Crippen LogP contribution is -2.38. The second kappa shape index (κ2) is 4.33. The van der Waals surface area contributed by atoms with Gasteiger partial charge in [0.1, 0.15) is 6.10 Å². The minimum Gasteiger partial charge on any atom is -0.456 e. The Balaban J connectivity index is 1.83. The normalized spacial score (nSPS) is 39.5. The molecular weight excluding hydrogens is 196 g/mol. The van der Waals surface area contributed by atoms with Crippen molar-refractivity contribution < 1.29 is 19.4 Å². The fourth-order valence-electron chi connectivity index (χ4n) is 2.15. The van der Waals surface area contributed by atoms with Crippen LogP contribution in [0.25, 0.3) is 0 Å². The maximum atomic E-state index is 11.0. The van der Waals surface area contributed by atoms with Gasteiger partial charge >= 0.3 is 5.97 Å². The van der Waals surface area contributed by atoms with E-state index in [1.54, 1.807) is 0 Å². The van der Waals surface area contributed by atoms with Crippen LogP contribution in [0.2, 0.25) is 0 Å². The highest BCUT2D eigenvalue weighted by molar-refractivity contribution is 5.81. The summed E-state index contributed by atoms with van der Waals surface area (Å²) in [5.41, 5.74) is 0. The zero-order valence-corrected chi connectivity index (χ0v) is 8.59. The molecule has 1 N–H and O–H groups in total. The highest BCUT2D eigenvalue weighted by Gasteiger charge is 2.40. The molecule has 4 atom stereocenters. The smallest absolute Gasteiger partial charge is 0.330 e. The van der Waals surface area contributed by atoms with E-state index in [0.717, 1.165) is 19.1 Å². The summed E-state index contributed by atoms with van der Waals surface area (Å²) >= 11 is 0. The molecule has 1 heterocycles. The molecule has 0 aromatic heterocycles. The summed E-state index contributed by atoms with van der Waals surface area (Å²) in [5, 5.41) is 9.79. The monoisotopic (exact) mass is 212 g/mol. The van der Waals surface area contributed by atoms with Crippen molar-refractivity contribution in [2.75, 3.05) is 6.61 Å². The second-order valence-corrected chi connectivity index (χ2v) is 4.19. The molecule has 2 rings (SSSR count). The third-order valence-electron chi connectivity index (χ3n) is 3.11. The maximum absolute atomic E-state index is 11.0. The van der Waals surface area contributed by atoms with Crippen LogP contribution in [-0.4, -0.2) is 36.0 Å². The van der Waals surface area contributed by atoms with Gasteiger partial charge in [-0.25, -0.2) is 4.79 Å². The number of aliphatic hydroxyl groups excluding tert-OH is 1. The summed E-state index contributed by atoms with van der Waals surface area (Å²) in [6.07, 6.45) is 2.86. The highest BCUT2D eigenvalue weighted by atomic mass is 16.6. The molecule has 4 nitrogen and oxygen atoms in total. The van der Waals surface area contributed by atoms with Gasteiger partial charge in [-0.05, 0) is 25.2 Å². The van der Waals surface area contributed by atoms with E-state index in [9.17, 15) is 9.90 Å². The van der Waals surface area contributed by atoms with Crippen molar-refractivity contribution in [1.82, 2.24) is 0 Å². The molecule has 84 valence electrons. The summed E-state index contributed by atoms with van der Waals surface area (Å²) in [7, 11) is 0. The van der Waals surface area contributed by atoms with E-state index in [1.807, 2.05) is 0 Å². The Morgan fingerprint density at radius 2 is 2.27 bits per heavy atom. The number of rotatable bonds is 3. The minimum atomic E-state index is -0.558. The lowest BCUT2D eigenvalue weighted by molar-refractivity contribution is -0.152. The molecule has 1 saturated carbocycles. The van der Waals surface area contributed by atoms with Crippen LogP contribution in [0.1, 0.15) is 19.3 Å². The number of hydrogen-bond donors (Lipinski definition) is 1. The number of hydrogen-bond acceptors (Lipinski definition) is 4. The second-order valence-electron chi connectivity index (χ2n) is 4.19. The molecule has 4 heteroatoms. The number of ether oxygens (including phenoxy) is 2. The van der Waals surface area contributed by atoms with E-state index < -0.39 is 12.1 Å². The van der Waals surface area contributed by atoms with E-state index in [0.29, 0.717) is 24.9 Å². The van der Waals surface area contributed by atoms with Crippen LogP contribution in [0, 0.1) is 5.92 Å². The van der Waals surface area contributed by atoms with Gasteiger partial charge in [-0.15, -0.1) is 0 Å². The number of aliphatic hydroxyl groups is 1. The maximum Gasteiger partial charge on any atom is 0.330 e. The summed E-state index contributed by atoms with van der Waals surface area (Å²) in [4.78, 5) is 11.0. The van der Waals surface area contributed by atoms with Crippen molar-refractivity contribution in [2.24, 2.45) is 5.92 Å². The van der Waals surface area contributed by atoms with Crippen LogP contribution in [-0.2, 0) is 14.3 Å². The first-order chi connectivity index (χ1) is 7.20. The first-order valence-corrected chi connectivity index (χ1v) is 5.33. The van der Waals surface area contributed by atoms with Crippen LogP contribution in [0.3, 0.4) is 0 Å². The molecule has 0 radical (unpaired) electrons. The molecule has 0 bridgehead atoms. The Morgan fingerprint density at radius 3 is 2.80 bits per heavy atom. The summed E-state index contributed by atoms with van der Waals surface area (Å²) in [6.45, 7) is 4.14.